The van der Waals surface area contributed by atoms with Gasteiger partial charge in [0.25, 0.3) is 0 Å². The molecule has 6 nitrogen and oxygen atoms in total. The summed E-state index contributed by atoms with van der Waals surface area (Å²) < 4.78 is 1.48. The second-order valence-corrected chi connectivity index (χ2v) is 4.37. The lowest BCUT2D eigenvalue weighted by molar-refractivity contribution is 0.765. The van der Waals surface area contributed by atoms with Gasteiger partial charge in [0.15, 0.2) is 5.16 Å². The molecule has 0 fully saturated rings. The van der Waals surface area contributed by atoms with Gasteiger partial charge in [0.05, 0.1) is 5.69 Å². The van der Waals surface area contributed by atoms with Crippen LogP contribution < -0.4 is 11.0 Å². The predicted octanol–water partition coefficient (Wildman–Crippen LogP) is 0.837. The van der Waals surface area contributed by atoms with Gasteiger partial charge in [-0.2, -0.15) is 0 Å². The van der Waals surface area contributed by atoms with E-state index in [1.54, 1.807) is 7.05 Å². The third kappa shape index (κ3) is 2.68. The van der Waals surface area contributed by atoms with E-state index in [1.807, 2.05) is 25.2 Å². The third-order valence-corrected chi connectivity index (χ3v) is 3.31. The van der Waals surface area contributed by atoms with Crippen molar-refractivity contribution in [3.63, 3.8) is 0 Å². The van der Waals surface area contributed by atoms with Gasteiger partial charge in [-0.15, -0.1) is 5.10 Å². The minimum atomic E-state index is -0.204. The first-order valence-electron chi connectivity index (χ1n) is 5.08. The van der Waals surface area contributed by atoms with Crippen molar-refractivity contribution in [3.05, 3.63) is 34.4 Å². The summed E-state index contributed by atoms with van der Waals surface area (Å²) in [6.07, 6.45) is 0. The van der Waals surface area contributed by atoms with E-state index < -0.39 is 0 Å². The van der Waals surface area contributed by atoms with Crippen LogP contribution in [0.5, 0.6) is 0 Å². The van der Waals surface area contributed by atoms with Crippen molar-refractivity contribution in [2.45, 2.75) is 10.9 Å². The molecule has 0 saturated carbocycles. The predicted molar refractivity (Wildman–Crippen MR) is 67.2 cm³/mol. The van der Waals surface area contributed by atoms with Crippen molar-refractivity contribution in [2.75, 3.05) is 12.4 Å². The number of thioether (sulfide) groups is 1. The summed E-state index contributed by atoms with van der Waals surface area (Å²) in [7, 11) is 3.52. The van der Waals surface area contributed by atoms with Crippen LogP contribution in [0.3, 0.4) is 0 Å². The zero-order valence-corrected chi connectivity index (χ0v) is 10.4. The highest BCUT2D eigenvalue weighted by atomic mass is 32.2. The molecule has 0 saturated heterocycles. The molecule has 0 aliphatic carbocycles. The molecule has 0 radical (unpaired) electrons. The number of pyridine rings is 1. The van der Waals surface area contributed by atoms with Gasteiger partial charge in [0.2, 0.25) is 0 Å². The van der Waals surface area contributed by atoms with Gasteiger partial charge in [-0.3, -0.25) is 4.57 Å². The lowest BCUT2D eigenvalue weighted by Gasteiger charge is -2.03. The molecule has 0 unspecified atom stereocenters. The number of rotatable bonds is 4. The maximum Gasteiger partial charge on any atom is 0.343 e. The van der Waals surface area contributed by atoms with Gasteiger partial charge < -0.3 is 5.32 Å². The molecule has 90 valence electrons. The largest absolute Gasteiger partial charge is 0.373 e. The second kappa shape index (κ2) is 5.05. The Labute approximate surface area is 102 Å². The van der Waals surface area contributed by atoms with Gasteiger partial charge in [0, 0.05) is 19.8 Å². The van der Waals surface area contributed by atoms with Crippen molar-refractivity contribution < 1.29 is 0 Å². The quantitative estimate of drug-likeness (QED) is 0.787. The van der Waals surface area contributed by atoms with Crippen molar-refractivity contribution in [1.82, 2.24) is 19.7 Å². The zero-order valence-electron chi connectivity index (χ0n) is 9.60. The minimum absolute atomic E-state index is 0.204. The molecular formula is C10H13N5OS. The van der Waals surface area contributed by atoms with Crippen LogP contribution >= 0.6 is 11.8 Å². The van der Waals surface area contributed by atoms with Crippen LogP contribution in [-0.4, -0.2) is 26.8 Å². The van der Waals surface area contributed by atoms with Crippen molar-refractivity contribution in [1.29, 1.82) is 0 Å². The molecule has 2 N–H and O–H groups in total. The van der Waals surface area contributed by atoms with Crippen molar-refractivity contribution >= 4 is 17.6 Å². The van der Waals surface area contributed by atoms with Crippen LogP contribution in [0, 0.1) is 0 Å². The highest BCUT2D eigenvalue weighted by Crippen LogP contribution is 2.18. The molecule has 2 heterocycles. The minimum Gasteiger partial charge on any atom is -0.373 e. The molecule has 0 aliphatic rings. The van der Waals surface area contributed by atoms with E-state index >= 15 is 0 Å². The monoisotopic (exact) mass is 251 g/mol. The Morgan fingerprint density at radius 3 is 3.00 bits per heavy atom. The van der Waals surface area contributed by atoms with Crippen molar-refractivity contribution in [2.24, 2.45) is 7.05 Å². The summed E-state index contributed by atoms with van der Waals surface area (Å²) in [5, 5.41) is 9.96. The Morgan fingerprint density at radius 2 is 2.35 bits per heavy atom. The highest BCUT2D eigenvalue weighted by molar-refractivity contribution is 7.98. The number of H-pyrrole nitrogens is 1. The van der Waals surface area contributed by atoms with E-state index in [2.05, 4.69) is 20.5 Å². The van der Waals surface area contributed by atoms with E-state index in [0.29, 0.717) is 10.9 Å². The van der Waals surface area contributed by atoms with E-state index in [1.165, 1.54) is 16.3 Å². The molecule has 7 heteroatoms. The lowest BCUT2D eigenvalue weighted by Crippen LogP contribution is -2.12. The number of aromatic amines is 1. The summed E-state index contributed by atoms with van der Waals surface area (Å²) in [6.45, 7) is 0. The van der Waals surface area contributed by atoms with E-state index in [9.17, 15) is 4.79 Å². The number of aromatic nitrogens is 4. The first-order chi connectivity index (χ1) is 8.20. The third-order valence-electron chi connectivity index (χ3n) is 2.25. The molecule has 2 aromatic heterocycles. The average molecular weight is 251 g/mol. The smallest absolute Gasteiger partial charge is 0.343 e. The van der Waals surface area contributed by atoms with Crippen LogP contribution in [0.4, 0.5) is 5.82 Å². The summed E-state index contributed by atoms with van der Waals surface area (Å²) in [6, 6.07) is 5.79. The number of hydrogen-bond donors (Lipinski definition) is 2. The summed E-state index contributed by atoms with van der Waals surface area (Å²) in [5.41, 5.74) is 0.738. The number of nitrogens with one attached hydrogen (secondary N) is 2. The summed E-state index contributed by atoms with van der Waals surface area (Å²) in [4.78, 5) is 15.5. The van der Waals surface area contributed by atoms with Crippen LogP contribution in [0.2, 0.25) is 0 Å². The van der Waals surface area contributed by atoms with Crippen LogP contribution in [0.15, 0.2) is 28.2 Å². The topological polar surface area (TPSA) is 75.6 Å². The maximum absolute atomic E-state index is 11.2. The number of hydrogen-bond acceptors (Lipinski definition) is 5. The summed E-state index contributed by atoms with van der Waals surface area (Å²) >= 11 is 1.47. The fourth-order valence-corrected chi connectivity index (χ4v) is 2.12. The molecule has 0 bridgehead atoms. The number of nitrogens with zero attached hydrogens (tertiary/aromatic N) is 3. The van der Waals surface area contributed by atoms with Crippen molar-refractivity contribution in [3.8, 4) is 0 Å². The Hall–Kier alpha value is -1.76. The maximum atomic E-state index is 11.2. The fraction of sp³-hybridized carbons (Fsp3) is 0.300. The SMILES string of the molecule is CNc1cccc(CSc2n[nH]c(=O)n2C)n1. The first-order valence-corrected chi connectivity index (χ1v) is 6.07. The average Bonchev–Trinajstić information content (AvgIpc) is 2.68. The van der Waals surface area contributed by atoms with E-state index in [4.69, 9.17) is 0 Å². The Kier molecular flexibility index (Phi) is 3.48. The molecule has 0 spiro atoms. The van der Waals surface area contributed by atoms with Crippen LogP contribution in [0.1, 0.15) is 5.69 Å². The van der Waals surface area contributed by atoms with Crippen LogP contribution in [-0.2, 0) is 12.8 Å². The summed E-state index contributed by atoms with van der Waals surface area (Å²) in [5.74, 6) is 1.51. The standard InChI is InChI=1S/C10H13N5OS/c1-11-8-5-3-4-7(12-8)6-17-10-14-13-9(16)15(10)2/h3-5H,6H2,1-2H3,(H,11,12)(H,13,16). The molecular weight excluding hydrogens is 238 g/mol. The van der Waals surface area contributed by atoms with Gasteiger partial charge in [-0.25, -0.2) is 14.9 Å². The van der Waals surface area contributed by atoms with Crippen LogP contribution in [0.25, 0.3) is 0 Å². The van der Waals surface area contributed by atoms with Gasteiger partial charge in [0.1, 0.15) is 5.82 Å². The molecule has 0 aromatic carbocycles. The van der Waals surface area contributed by atoms with E-state index in [-0.39, 0.29) is 5.69 Å². The molecule has 0 atom stereocenters. The van der Waals surface area contributed by atoms with Gasteiger partial charge in [-0.05, 0) is 12.1 Å². The molecule has 0 amide bonds. The Morgan fingerprint density at radius 1 is 1.53 bits per heavy atom. The fourth-order valence-electron chi connectivity index (χ4n) is 1.30. The lowest BCUT2D eigenvalue weighted by atomic mass is 10.4. The zero-order chi connectivity index (χ0) is 12.3. The highest BCUT2D eigenvalue weighted by Gasteiger charge is 2.05. The second-order valence-electron chi connectivity index (χ2n) is 3.42. The molecule has 17 heavy (non-hydrogen) atoms. The number of anilines is 1. The normalized spacial score (nSPS) is 10.5. The van der Waals surface area contributed by atoms with Gasteiger partial charge >= 0.3 is 5.69 Å². The van der Waals surface area contributed by atoms with E-state index in [0.717, 1.165) is 11.5 Å². The Balaban J connectivity index is 2.07. The molecule has 0 aliphatic heterocycles. The molecule has 2 aromatic rings. The molecule has 2 rings (SSSR count). The van der Waals surface area contributed by atoms with Gasteiger partial charge in [-0.1, -0.05) is 17.8 Å². The Bertz CT molecular complexity index is 562. The first kappa shape index (κ1) is 11.7.